The predicted molar refractivity (Wildman–Crippen MR) is 83.8 cm³/mol. The molecule has 5 heteroatoms. The molecule has 1 unspecified atom stereocenters. The highest BCUT2D eigenvalue weighted by atomic mass is 16.5. The zero-order chi connectivity index (χ0) is 15.4. The molecule has 0 N–H and O–H groups in total. The van der Waals surface area contributed by atoms with Crippen molar-refractivity contribution in [2.75, 3.05) is 18.0 Å². The summed E-state index contributed by atoms with van der Waals surface area (Å²) in [6.45, 7) is 3.76. The molecule has 3 rings (SSSR count). The third kappa shape index (κ3) is 3.34. The monoisotopic (exact) mass is 294 g/mol. The Hall–Kier alpha value is -2.61. The van der Waals surface area contributed by atoms with Gasteiger partial charge in [-0.25, -0.2) is 9.97 Å². The Balaban J connectivity index is 1.65. The number of ether oxygens (including phenoxy) is 1. The maximum absolute atomic E-state index is 8.87. The number of aromatic nitrogens is 2. The van der Waals surface area contributed by atoms with Crippen molar-refractivity contribution in [1.82, 2.24) is 9.97 Å². The lowest BCUT2D eigenvalue weighted by Gasteiger charge is -2.34. The number of rotatable bonds is 3. The van der Waals surface area contributed by atoms with Crippen LogP contribution in [0.15, 0.2) is 36.7 Å². The molecule has 0 spiro atoms. The highest BCUT2D eigenvalue weighted by Crippen LogP contribution is 2.22. The lowest BCUT2D eigenvalue weighted by molar-refractivity contribution is 0.164. The van der Waals surface area contributed by atoms with Crippen LogP contribution in [0.25, 0.3) is 0 Å². The molecule has 0 amide bonds. The Bertz CT molecular complexity index is 661. The first-order valence-electron chi connectivity index (χ1n) is 7.45. The van der Waals surface area contributed by atoms with Crippen molar-refractivity contribution in [2.45, 2.75) is 25.9 Å². The zero-order valence-corrected chi connectivity index (χ0v) is 12.6. The SMILES string of the molecule is Cc1cnc(OC2CCCN(c3ccc(C#N)cc3)C2)nc1. The lowest BCUT2D eigenvalue weighted by Crippen LogP contribution is -2.41. The molecule has 5 nitrogen and oxygen atoms in total. The van der Waals surface area contributed by atoms with E-state index in [0.717, 1.165) is 37.2 Å². The van der Waals surface area contributed by atoms with Crippen molar-refractivity contribution < 1.29 is 4.74 Å². The fraction of sp³-hybridized carbons (Fsp3) is 0.353. The summed E-state index contributed by atoms with van der Waals surface area (Å²) < 4.78 is 5.89. The number of nitrogens with zero attached hydrogens (tertiary/aromatic N) is 4. The molecule has 1 aliphatic rings. The fourth-order valence-corrected chi connectivity index (χ4v) is 2.61. The molecule has 1 aromatic heterocycles. The van der Waals surface area contributed by atoms with Gasteiger partial charge < -0.3 is 9.64 Å². The molecule has 0 bridgehead atoms. The van der Waals surface area contributed by atoms with Crippen LogP contribution in [-0.4, -0.2) is 29.2 Å². The van der Waals surface area contributed by atoms with Crippen LogP contribution in [0.2, 0.25) is 0 Å². The normalized spacial score (nSPS) is 17.8. The van der Waals surface area contributed by atoms with Crippen molar-refractivity contribution in [2.24, 2.45) is 0 Å². The van der Waals surface area contributed by atoms with Gasteiger partial charge in [0.15, 0.2) is 0 Å². The minimum Gasteiger partial charge on any atom is -0.458 e. The van der Waals surface area contributed by atoms with Crippen LogP contribution < -0.4 is 9.64 Å². The largest absolute Gasteiger partial charge is 0.458 e. The molecule has 2 aromatic rings. The third-order valence-corrected chi connectivity index (χ3v) is 3.77. The van der Waals surface area contributed by atoms with Crippen molar-refractivity contribution in [3.8, 4) is 12.1 Å². The van der Waals surface area contributed by atoms with Gasteiger partial charge in [0.2, 0.25) is 0 Å². The van der Waals surface area contributed by atoms with E-state index in [4.69, 9.17) is 10.00 Å². The van der Waals surface area contributed by atoms with E-state index in [1.165, 1.54) is 0 Å². The van der Waals surface area contributed by atoms with E-state index in [0.29, 0.717) is 11.6 Å². The molecule has 0 radical (unpaired) electrons. The molecule has 1 aliphatic heterocycles. The molecule has 22 heavy (non-hydrogen) atoms. The summed E-state index contributed by atoms with van der Waals surface area (Å²) in [5.74, 6) is 0. The number of piperidine rings is 1. The highest BCUT2D eigenvalue weighted by molar-refractivity contribution is 5.50. The Labute approximate surface area is 130 Å². The number of hydrogen-bond acceptors (Lipinski definition) is 5. The van der Waals surface area contributed by atoms with Crippen molar-refractivity contribution in [3.63, 3.8) is 0 Å². The summed E-state index contributed by atoms with van der Waals surface area (Å²) in [6, 6.07) is 10.3. The number of anilines is 1. The topological polar surface area (TPSA) is 62.0 Å². The molecule has 0 saturated carbocycles. The maximum atomic E-state index is 8.87. The Morgan fingerprint density at radius 1 is 1.23 bits per heavy atom. The van der Waals surface area contributed by atoms with E-state index < -0.39 is 0 Å². The van der Waals surface area contributed by atoms with E-state index in [9.17, 15) is 0 Å². The molecule has 1 fully saturated rings. The molecular formula is C17H18N4O. The molecular weight excluding hydrogens is 276 g/mol. The van der Waals surface area contributed by atoms with Crippen molar-refractivity contribution >= 4 is 5.69 Å². The van der Waals surface area contributed by atoms with Gasteiger partial charge in [0.25, 0.3) is 0 Å². The van der Waals surface area contributed by atoms with E-state index in [2.05, 4.69) is 20.9 Å². The number of aryl methyl sites for hydroxylation is 1. The zero-order valence-electron chi connectivity index (χ0n) is 12.6. The smallest absolute Gasteiger partial charge is 0.316 e. The van der Waals surface area contributed by atoms with Gasteiger partial charge in [0, 0.05) is 24.6 Å². The minimum atomic E-state index is 0.0899. The second-order valence-electron chi connectivity index (χ2n) is 5.53. The second kappa shape index (κ2) is 6.44. The maximum Gasteiger partial charge on any atom is 0.316 e. The number of benzene rings is 1. The Morgan fingerprint density at radius 2 is 1.95 bits per heavy atom. The number of hydrogen-bond donors (Lipinski definition) is 0. The van der Waals surface area contributed by atoms with Crippen LogP contribution in [0.5, 0.6) is 6.01 Å². The van der Waals surface area contributed by atoms with Crippen LogP contribution in [0.4, 0.5) is 5.69 Å². The summed E-state index contributed by atoms with van der Waals surface area (Å²) >= 11 is 0. The third-order valence-electron chi connectivity index (χ3n) is 3.77. The summed E-state index contributed by atoms with van der Waals surface area (Å²) in [5, 5.41) is 8.87. The van der Waals surface area contributed by atoms with Crippen LogP contribution in [0.3, 0.4) is 0 Å². The quantitative estimate of drug-likeness (QED) is 0.871. The van der Waals surface area contributed by atoms with Gasteiger partial charge in [0.05, 0.1) is 18.2 Å². The summed E-state index contributed by atoms with van der Waals surface area (Å²) in [7, 11) is 0. The number of nitriles is 1. The summed E-state index contributed by atoms with van der Waals surface area (Å²) in [5.41, 5.74) is 2.83. The fourth-order valence-electron chi connectivity index (χ4n) is 2.61. The Morgan fingerprint density at radius 3 is 2.64 bits per heavy atom. The average Bonchev–Trinajstić information content (AvgIpc) is 2.57. The van der Waals surface area contributed by atoms with Crippen LogP contribution in [-0.2, 0) is 0 Å². The highest BCUT2D eigenvalue weighted by Gasteiger charge is 2.22. The van der Waals surface area contributed by atoms with E-state index in [1.807, 2.05) is 31.2 Å². The first kappa shape index (κ1) is 14.3. The van der Waals surface area contributed by atoms with Gasteiger partial charge in [-0.1, -0.05) is 0 Å². The summed E-state index contributed by atoms with van der Waals surface area (Å²) in [4.78, 5) is 10.7. The molecule has 2 heterocycles. The van der Waals surface area contributed by atoms with Gasteiger partial charge in [-0.2, -0.15) is 5.26 Å². The first-order chi connectivity index (χ1) is 10.7. The van der Waals surface area contributed by atoms with Gasteiger partial charge in [-0.05, 0) is 49.6 Å². The van der Waals surface area contributed by atoms with Gasteiger partial charge in [0.1, 0.15) is 6.10 Å². The van der Waals surface area contributed by atoms with Crippen LogP contribution in [0, 0.1) is 18.3 Å². The standard InChI is InChI=1S/C17H18N4O/c1-13-10-19-17(20-11-13)22-16-3-2-8-21(12-16)15-6-4-14(9-18)5-7-15/h4-7,10-11,16H,2-3,8,12H2,1H3. The lowest BCUT2D eigenvalue weighted by atomic mass is 10.1. The minimum absolute atomic E-state index is 0.0899. The summed E-state index contributed by atoms with van der Waals surface area (Å²) in [6.07, 6.45) is 5.69. The second-order valence-corrected chi connectivity index (χ2v) is 5.53. The average molecular weight is 294 g/mol. The van der Waals surface area contributed by atoms with Gasteiger partial charge in [-0.3, -0.25) is 0 Å². The predicted octanol–water partition coefficient (Wildman–Crippen LogP) is 2.70. The van der Waals surface area contributed by atoms with Crippen molar-refractivity contribution in [1.29, 1.82) is 5.26 Å². The van der Waals surface area contributed by atoms with Gasteiger partial charge >= 0.3 is 6.01 Å². The Kier molecular flexibility index (Phi) is 4.19. The van der Waals surface area contributed by atoms with Gasteiger partial charge in [-0.15, -0.1) is 0 Å². The molecule has 0 aliphatic carbocycles. The molecule has 1 atom stereocenters. The first-order valence-corrected chi connectivity index (χ1v) is 7.45. The molecule has 112 valence electrons. The van der Waals surface area contributed by atoms with E-state index in [1.54, 1.807) is 12.4 Å². The van der Waals surface area contributed by atoms with E-state index in [-0.39, 0.29) is 6.10 Å². The van der Waals surface area contributed by atoms with E-state index >= 15 is 0 Å². The van der Waals surface area contributed by atoms with Crippen LogP contribution in [0.1, 0.15) is 24.0 Å². The molecule has 1 aromatic carbocycles. The molecule has 1 saturated heterocycles. The van der Waals surface area contributed by atoms with Crippen LogP contribution >= 0.6 is 0 Å². The van der Waals surface area contributed by atoms with Crippen molar-refractivity contribution in [3.05, 3.63) is 47.8 Å².